The van der Waals surface area contributed by atoms with Crippen molar-refractivity contribution in [3.8, 4) is 11.6 Å². The summed E-state index contributed by atoms with van der Waals surface area (Å²) in [5, 5.41) is 9.51. The van der Waals surface area contributed by atoms with Gasteiger partial charge in [-0.2, -0.15) is 0 Å². The Labute approximate surface area is 194 Å². The Balaban J connectivity index is 1.31. The summed E-state index contributed by atoms with van der Waals surface area (Å²) in [6, 6.07) is 20.8. The second-order valence-corrected chi connectivity index (χ2v) is 8.94. The molecule has 1 aliphatic heterocycles. The minimum atomic E-state index is 0.143. The molecule has 0 N–H and O–H groups in total. The van der Waals surface area contributed by atoms with Crippen LogP contribution in [0, 0.1) is 5.92 Å². The zero-order chi connectivity index (χ0) is 22.6. The topological polar surface area (TPSA) is 64.2 Å². The Morgan fingerprint density at radius 2 is 1.79 bits per heavy atom. The maximum absolute atomic E-state index is 13.3. The van der Waals surface area contributed by atoms with Gasteiger partial charge in [0.25, 0.3) is 5.89 Å². The number of nitrogens with zero attached hydrogens (tertiary/aromatic N) is 4. The molecule has 2 aromatic carbocycles. The van der Waals surface area contributed by atoms with E-state index in [0.29, 0.717) is 17.7 Å². The molecule has 170 valence electrons. The van der Waals surface area contributed by atoms with E-state index in [-0.39, 0.29) is 12.5 Å². The van der Waals surface area contributed by atoms with Gasteiger partial charge in [0.1, 0.15) is 12.2 Å². The van der Waals surface area contributed by atoms with Crippen molar-refractivity contribution < 1.29 is 9.21 Å². The Hall–Kier alpha value is -3.41. The molecule has 4 aromatic rings. The molecule has 5 rings (SSSR count). The van der Waals surface area contributed by atoms with Gasteiger partial charge in [0, 0.05) is 30.4 Å². The van der Waals surface area contributed by atoms with Crippen LogP contribution in [0.3, 0.4) is 0 Å². The zero-order valence-electron chi connectivity index (χ0n) is 19.1. The van der Waals surface area contributed by atoms with Gasteiger partial charge < -0.3 is 13.9 Å². The fraction of sp³-hybridized carbons (Fsp3) is 0.370. The molecule has 6 nitrogen and oxygen atoms in total. The highest BCUT2D eigenvalue weighted by molar-refractivity contribution is 5.88. The van der Waals surface area contributed by atoms with Gasteiger partial charge in [0.2, 0.25) is 11.8 Å². The summed E-state index contributed by atoms with van der Waals surface area (Å²) in [4.78, 5) is 15.3. The van der Waals surface area contributed by atoms with Crippen LogP contribution in [0.2, 0.25) is 0 Å². The monoisotopic (exact) mass is 442 g/mol. The Morgan fingerprint density at radius 3 is 2.58 bits per heavy atom. The third-order valence-corrected chi connectivity index (χ3v) is 6.59. The quantitative estimate of drug-likeness (QED) is 0.398. The highest BCUT2D eigenvalue weighted by Gasteiger charge is 2.25. The second-order valence-electron chi connectivity index (χ2n) is 8.94. The number of hydrogen-bond donors (Lipinski definition) is 0. The number of carbonyl (C=O) groups excluding carboxylic acids is 1. The van der Waals surface area contributed by atoms with Crippen LogP contribution in [0.5, 0.6) is 0 Å². The number of aryl methyl sites for hydroxylation is 1. The van der Waals surface area contributed by atoms with Gasteiger partial charge >= 0.3 is 0 Å². The summed E-state index contributed by atoms with van der Waals surface area (Å²) in [6.07, 6.45) is 4.88. The molecule has 0 saturated carbocycles. The average molecular weight is 443 g/mol. The minimum absolute atomic E-state index is 0.143. The lowest BCUT2D eigenvalue weighted by Gasteiger charge is -2.32. The average Bonchev–Trinajstić information content (AvgIpc) is 3.45. The molecular weight excluding hydrogens is 412 g/mol. The van der Waals surface area contributed by atoms with Crippen molar-refractivity contribution in [1.82, 2.24) is 19.7 Å². The SMILES string of the molecule is CCCc1nnc(-c2cc3ccccc3n2CC(=O)N2CCC(Cc3ccccc3)CC2)o1. The van der Waals surface area contributed by atoms with Crippen molar-refractivity contribution in [2.75, 3.05) is 13.1 Å². The van der Waals surface area contributed by atoms with E-state index in [0.717, 1.165) is 61.8 Å². The van der Waals surface area contributed by atoms with E-state index in [2.05, 4.69) is 53.5 Å². The lowest BCUT2D eigenvalue weighted by atomic mass is 9.90. The number of para-hydroxylation sites is 1. The van der Waals surface area contributed by atoms with Crippen LogP contribution < -0.4 is 0 Å². The highest BCUT2D eigenvalue weighted by Crippen LogP contribution is 2.29. The van der Waals surface area contributed by atoms with Crippen molar-refractivity contribution >= 4 is 16.8 Å². The normalized spacial score (nSPS) is 14.8. The number of amides is 1. The summed E-state index contributed by atoms with van der Waals surface area (Å²) in [6.45, 7) is 3.98. The van der Waals surface area contributed by atoms with Gasteiger partial charge in [0.05, 0.1) is 0 Å². The van der Waals surface area contributed by atoms with E-state index < -0.39 is 0 Å². The van der Waals surface area contributed by atoms with Crippen LogP contribution >= 0.6 is 0 Å². The van der Waals surface area contributed by atoms with Crippen molar-refractivity contribution in [2.45, 2.75) is 45.6 Å². The van der Waals surface area contributed by atoms with Crippen LogP contribution in [0.25, 0.3) is 22.5 Å². The molecule has 0 spiro atoms. The number of benzene rings is 2. The summed E-state index contributed by atoms with van der Waals surface area (Å²) >= 11 is 0. The van der Waals surface area contributed by atoms with Crippen LogP contribution in [0.15, 0.2) is 65.1 Å². The number of hydrogen-bond acceptors (Lipinski definition) is 4. The lowest BCUT2D eigenvalue weighted by Crippen LogP contribution is -2.40. The molecular formula is C27H30N4O2. The summed E-state index contributed by atoms with van der Waals surface area (Å²) in [5.41, 5.74) is 3.20. The van der Waals surface area contributed by atoms with Crippen LogP contribution in [-0.4, -0.2) is 38.7 Å². The van der Waals surface area contributed by atoms with Gasteiger partial charge in [-0.3, -0.25) is 4.79 Å². The molecule has 1 saturated heterocycles. The maximum Gasteiger partial charge on any atom is 0.264 e. The first-order valence-corrected chi connectivity index (χ1v) is 11.9. The number of rotatable bonds is 7. The predicted molar refractivity (Wildman–Crippen MR) is 129 cm³/mol. The minimum Gasteiger partial charge on any atom is -0.419 e. The molecule has 2 aromatic heterocycles. The zero-order valence-corrected chi connectivity index (χ0v) is 19.1. The fourth-order valence-electron chi connectivity index (χ4n) is 4.80. The van der Waals surface area contributed by atoms with Gasteiger partial charge in [0.15, 0.2) is 0 Å². The van der Waals surface area contributed by atoms with Gasteiger partial charge in [-0.15, -0.1) is 10.2 Å². The van der Waals surface area contributed by atoms with Crippen molar-refractivity contribution in [3.63, 3.8) is 0 Å². The molecule has 0 aliphatic carbocycles. The van der Waals surface area contributed by atoms with E-state index in [1.165, 1.54) is 5.56 Å². The molecule has 0 radical (unpaired) electrons. The third kappa shape index (κ3) is 4.70. The van der Waals surface area contributed by atoms with Gasteiger partial charge in [-0.05, 0) is 49.3 Å². The number of piperidine rings is 1. The number of carbonyl (C=O) groups is 1. The third-order valence-electron chi connectivity index (χ3n) is 6.59. The standard InChI is InChI=1S/C27H30N4O2/c1-2-8-25-28-29-27(33-25)24-18-22-11-6-7-12-23(22)31(24)19-26(32)30-15-13-21(14-16-30)17-20-9-4-3-5-10-20/h3-7,9-12,18,21H,2,8,13-17,19H2,1H3. The van der Waals surface area contributed by atoms with E-state index in [1.54, 1.807) is 0 Å². The van der Waals surface area contributed by atoms with Gasteiger partial charge in [-0.1, -0.05) is 55.5 Å². The smallest absolute Gasteiger partial charge is 0.264 e. The highest BCUT2D eigenvalue weighted by atomic mass is 16.4. The molecule has 1 amide bonds. The molecule has 1 aliphatic rings. The number of aromatic nitrogens is 3. The predicted octanol–water partition coefficient (Wildman–Crippen LogP) is 5.13. The maximum atomic E-state index is 13.3. The number of likely N-dealkylation sites (tertiary alicyclic amines) is 1. The molecule has 0 bridgehead atoms. The van der Waals surface area contributed by atoms with E-state index in [9.17, 15) is 4.79 Å². The summed E-state index contributed by atoms with van der Waals surface area (Å²) in [5.74, 6) is 1.89. The second kappa shape index (κ2) is 9.61. The van der Waals surface area contributed by atoms with E-state index in [1.807, 2.05) is 33.7 Å². The van der Waals surface area contributed by atoms with Crippen molar-refractivity contribution in [3.05, 3.63) is 72.1 Å². The Kier molecular flexibility index (Phi) is 6.24. The van der Waals surface area contributed by atoms with Gasteiger partial charge in [-0.25, -0.2) is 0 Å². The van der Waals surface area contributed by atoms with E-state index in [4.69, 9.17) is 4.42 Å². The van der Waals surface area contributed by atoms with E-state index >= 15 is 0 Å². The van der Waals surface area contributed by atoms with Crippen molar-refractivity contribution in [2.24, 2.45) is 5.92 Å². The summed E-state index contributed by atoms with van der Waals surface area (Å²) < 4.78 is 7.93. The molecule has 1 fully saturated rings. The first-order chi connectivity index (χ1) is 16.2. The van der Waals surface area contributed by atoms with Crippen LogP contribution in [0.1, 0.15) is 37.6 Å². The lowest BCUT2D eigenvalue weighted by molar-refractivity contribution is -0.133. The largest absolute Gasteiger partial charge is 0.419 e. The summed E-state index contributed by atoms with van der Waals surface area (Å²) in [7, 11) is 0. The van der Waals surface area contributed by atoms with Crippen LogP contribution in [-0.2, 0) is 24.2 Å². The molecule has 33 heavy (non-hydrogen) atoms. The molecule has 6 heteroatoms. The fourth-order valence-corrected chi connectivity index (χ4v) is 4.80. The Morgan fingerprint density at radius 1 is 1.03 bits per heavy atom. The van der Waals surface area contributed by atoms with Crippen LogP contribution in [0.4, 0.5) is 0 Å². The number of fused-ring (bicyclic) bond motifs is 1. The first-order valence-electron chi connectivity index (χ1n) is 11.9. The molecule has 0 atom stereocenters. The Bertz CT molecular complexity index is 1220. The van der Waals surface area contributed by atoms with Crippen molar-refractivity contribution in [1.29, 1.82) is 0 Å². The first kappa shape index (κ1) is 21.4. The molecule has 3 heterocycles. The molecule has 0 unspecified atom stereocenters.